The van der Waals surface area contributed by atoms with Crippen molar-refractivity contribution >= 4 is 29.0 Å². The van der Waals surface area contributed by atoms with Gasteiger partial charge in [0.1, 0.15) is 0 Å². The number of carbonyl (C=O) groups is 1. The van der Waals surface area contributed by atoms with Crippen LogP contribution in [-0.4, -0.2) is 47.8 Å². The van der Waals surface area contributed by atoms with Gasteiger partial charge in [-0.1, -0.05) is 12.1 Å². The number of benzene rings is 1. The second-order valence-corrected chi connectivity index (χ2v) is 6.28. The molecule has 0 amide bonds. The third-order valence-electron chi connectivity index (χ3n) is 4.32. The van der Waals surface area contributed by atoms with Crippen molar-refractivity contribution in [2.24, 2.45) is 0 Å². The molecule has 0 bridgehead atoms. The minimum absolute atomic E-state index is 0.0863. The van der Waals surface area contributed by atoms with Crippen LogP contribution in [0.15, 0.2) is 35.5 Å². The van der Waals surface area contributed by atoms with Crippen molar-refractivity contribution in [1.29, 1.82) is 0 Å². The number of nitro benzene ring substituents is 1. The number of nitrogens with one attached hydrogen (secondary N) is 1. The van der Waals surface area contributed by atoms with Crippen LogP contribution in [0, 0.1) is 10.1 Å². The summed E-state index contributed by atoms with van der Waals surface area (Å²) in [5, 5.41) is 14.9. The fourth-order valence-corrected chi connectivity index (χ4v) is 3.37. The normalized spacial score (nSPS) is 16.9. The monoisotopic (exact) mass is 393 g/mol. The summed E-state index contributed by atoms with van der Waals surface area (Å²) in [7, 11) is 1.28. The zero-order valence-corrected chi connectivity index (χ0v) is 16.4. The maximum atomic E-state index is 12.5. The Morgan fingerprint density at radius 2 is 2.11 bits per heavy atom. The lowest BCUT2D eigenvalue weighted by Gasteiger charge is -2.37. The van der Waals surface area contributed by atoms with Gasteiger partial charge < -0.3 is 19.7 Å². The van der Waals surface area contributed by atoms with Crippen LogP contribution >= 0.6 is 12.2 Å². The van der Waals surface area contributed by atoms with E-state index >= 15 is 0 Å². The average Bonchev–Trinajstić information content (AvgIpc) is 2.66. The van der Waals surface area contributed by atoms with Crippen LogP contribution in [0.2, 0.25) is 0 Å². The van der Waals surface area contributed by atoms with Crippen LogP contribution < -0.4 is 5.32 Å². The Labute approximate surface area is 163 Å². The highest BCUT2D eigenvalue weighted by Gasteiger charge is 2.37. The van der Waals surface area contributed by atoms with Crippen LogP contribution in [0.25, 0.3) is 0 Å². The average molecular weight is 393 g/mol. The van der Waals surface area contributed by atoms with Gasteiger partial charge in [0, 0.05) is 31.5 Å². The number of allylic oxidation sites excluding steroid dienone is 1. The van der Waals surface area contributed by atoms with Gasteiger partial charge >= 0.3 is 5.97 Å². The number of hydrogen-bond donors (Lipinski definition) is 1. The third kappa shape index (κ3) is 4.61. The Morgan fingerprint density at radius 3 is 2.74 bits per heavy atom. The number of carbonyl (C=O) groups excluding carboxylic acids is 1. The van der Waals surface area contributed by atoms with E-state index < -0.39 is 16.9 Å². The van der Waals surface area contributed by atoms with Crippen molar-refractivity contribution in [1.82, 2.24) is 10.2 Å². The lowest BCUT2D eigenvalue weighted by molar-refractivity contribution is -0.385. The quantitative estimate of drug-likeness (QED) is 0.237. The molecule has 0 aliphatic carbocycles. The molecule has 1 atom stereocenters. The van der Waals surface area contributed by atoms with E-state index in [1.54, 1.807) is 30.0 Å². The van der Waals surface area contributed by atoms with Gasteiger partial charge in [0.25, 0.3) is 5.69 Å². The van der Waals surface area contributed by atoms with E-state index in [1.165, 1.54) is 13.2 Å². The van der Waals surface area contributed by atoms with Crippen LogP contribution in [0.4, 0.5) is 5.69 Å². The molecule has 27 heavy (non-hydrogen) atoms. The first-order valence-electron chi connectivity index (χ1n) is 8.60. The minimum atomic E-state index is -0.755. The van der Waals surface area contributed by atoms with Gasteiger partial charge in [-0.05, 0) is 38.6 Å². The highest BCUT2D eigenvalue weighted by molar-refractivity contribution is 7.80. The zero-order chi connectivity index (χ0) is 20.0. The summed E-state index contributed by atoms with van der Waals surface area (Å²) in [4.78, 5) is 25.2. The predicted octanol–water partition coefficient (Wildman–Crippen LogP) is 2.70. The number of para-hydroxylation sites is 1. The predicted molar refractivity (Wildman–Crippen MR) is 104 cm³/mol. The molecule has 0 aromatic heterocycles. The van der Waals surface area contributed by atoms with Crippen molar-refractivity contribution in [2.45, 2.75) is 26.3 Å². The summed E-state index contributed by atoms with van der Waals surface area (Å²) in [5.41, 5.74) is 1.19. The highest BCUT2D eigenvalue weighted by atomic mass is 32.1. The highest BCUT2D eigenvalue weighted by Crippen LogP contribution is 2.35. The summed E-state index contributed by atoms with van der Waals surface area (Å²) < 4.78 is 10.3. The van der Waals surface area contributed by atoms with Crippen LogP contribution in [-0.2, 0) is 14.3 Å². The van der Waals surface area contributed by atoms with Gasteiger partial charge in [-0.15, -0.1) is 0 Å². The molecule has 9 heteroatoms. The summed E-state index contributed by atoms with van der Waals surface area (Å²) in [6.07, 6.45) is 0.720. The van der Waals surface area contributed by atoms with Crippen molar-refractivity contribution in [2.75, 3.05) is 26.9 Å². The fraction of sp³-hybridized carbons (Fsp3) is 0.444. The van der Waals surface area contributed by atoms with E-state index in [-0.39, 0.29) is 5.69 Å². The Bertz CT molecular complexity index is 765. The Balaban J connectivity index is 2.45. The van der Waals surface area contributed by atoms with Crippen LogP contribution in [0.1, 0.15) is 31.9 Å². The van der Waals surface area contributed by atoms with Crippen molar-refractivity contribution < 1.29 is 19.2 Å². The first-order valence-corrected chi connectivity index (χ1v) is 9.01. The molecule has 0 saturated carbocycles. The molecule has 1 aromatic rings. The third-order valence-corrected chi connectivity index (χ3v) is 4.66. The molecule has 1 aliphatic heterocycles. The van der Waals surface area contributed by atoms with E-state index in [0.717, 1.165) is 6.42 Å². The zero-order valence-electron chi connectivity index (χ0n) is 15.6. The molecule has 1 N–H and O–H groups in total. The molecule has 0 spiro atoms. The minimum Gasteiger partial charge on any atom is -0.466 e. The Morgan fingerprint density at radius 1 is 1.41 bits per heavy atom. The number of methoxy groups -OCH3 is 1. The largest absolute Gasteiger partial charge is 0.466 e. The maximum Gasteiger partial charge on any atom is 0.337 e. The van der Waals surface area contributed by atoms with E-state index in [2.05, 4.69) is 5.32 Å². The molecule has 1 aromatic carbocycles. The second-order valence-electron chi connectivity index (χ2n) is 5.89. The van der Waals surface area contributed by atoms with E-state index in [4.69, 9.17) is 21.7 Å². The smallest absolute Gasteiger partial charge is 0.337 e. The molecule has 8 nitrogen and oxygen atoms in total. The summed E-state index contributed by atoms with van der Waals surface area (Å²) in [6.45, 7) is 5.45. The molecule has 1 aliphatic rings. The second kappa shape index (κ2) is 9.43. The van der Waals surface area contributed by atoms with Gasteiger partial charge in [0.15, 0.2) is 5.11 Å². The number of ether oxygens (including phenoxy) is 2. The van der Waals surface area contributed by atoms with Crippen molar-refractivity contribution in [3.63, 3.8) is 0 Å². The molecule has 0 fully saturated rings. The molecular weight excluding hydrogens is 370 g/mol. The number of rotatable bonds is 8. The SMILES string of the molecule is CCOCCCN1C(=S)NC(c2ccccc2[N+](=O)[O-])C(C(=O)OC)=C1C. The molecule has 0 saturated heterocycles. The standard InChI is InChI=1S/C18H23N3O5S/c1-4-26-11-7-10-20-12(2)15(17(22)25-3)16(19-18(20)27)13-8-5-6-9-14(13)21(23)24/h5-6,8-9,16H,4,7,10-11H2,1-3H3,(H,19,27). The first kappa shape index (κ1) is 20.8. The first-order chi connectivity index (χ1) is 12.9. The van der Waals surface area contributed by atoms with Crippen molar-refractivity contribution in [3.05, 3.63) is 51.2 Å². The number of nitro groups is 1. The van der Waals surface area contributed by atoms with Crippen molar-refractivity contribution in [3.8, 4) is 0 Å². The number of nitrogens with zero attached hydrogens (tertiary/aromatic N) is 2. The summed E-state index contributed by atoms with van der Waals surface area (Å²) in [5.74, 6) is -0.555. The number of thiocarbonyl (C=S) groups is 1. The molecular formula is C18H23N3O5S. The van der Waals surface area contributed by atoms with Gasteiger partial charge in [-0.3, -0.25) is 10.1 Å². The number of esters is 1. The summed E-state index contributed by atoms with van der Waals surface area (Å²) in [6, 6.07) is 5.52. The fourth-order valence-electron chi connectivity index (χ4n) is 3.03. The molecule has 1 unspecified atom stereocenters. The van der Waals surface area contributed by atoms with Gasteiger partial charge in [-0.25, -0.2) is 4.79 Å². The van der Waals surface area contributed by atoms with E-state index in [1.807, 2.05) is 6.92 Å². The molecule has 146 valence electrons. The summed E-state index contributed by atoms with van der Waals surface area (Å²) >= 11 is 5.46. The van der Waals surface area contributed by atoms with Gasteiger partial charge in [-0.2, -0.15) is 0 Å². The van der Waals surface area contributed by atoms with E-state index in [9.17, 15) is 14.9 Å². The Hall–Kier alpha value is -2.52. The van der Waals surface area contributed by atoms with Crippen LogP contribution in [0.3, 0.4) is 0 Å². The van der Waals surface area contributed by atoms with E-state index in [0.29, 0.717) is 41.7 Å². The molecule has 0 radical (unpaired) electrons. The maximum absolute atomic E-state index is 12.5. The lowest BCUT2D eigenvalue weighted by atomic mass is 9.93. The topological polar surface area (TPSA) is 93.9 Å². The molecule has 1 heterocycles. The Kier molecular flexibility index (Phi) is 7.26. The van der Waals surface area contributed by atoms with Crippen LogP contribution in [0.5, 0.6) is 0 Å². The lowest BCUT2D eigenvalue weighted by Crippen LogP contribution is -2.48. The molecule has 2 rings (SSSR count). The van der Waals surface area contributed by atoms with Gasteiger partial charge in [0.2, 0.25) is 0 Å². The van der Waals surface area contributed by atoms with Gasteiger partial charge in [0.05, 0.1) is 29.2 Å². The number of hydrogen-bond acceptors (Lipinski definition) is 6.